The summed E-state index contributed by atoms with van der Waals surface area (Å²) in [4.78, 5) is 21.7. The molecule has 0 heterocycles. The van der Waals surface area contributed by atoms with E-state index in [0.29, 0.717) is 5.56 Å². The van der Waals surface area contributed by atoms with Crippen molar-refractivity contribution < 1.29 is 19.1 Å². The van der Waals surface area contributed by atoms with Crippen LogP contribution < -0.4 is 0 Å². The number of carbonyl (C=O) groups excluding carboxylic acids is 2. The van der Waals surface area contributed by atoms with E-state index < -0.39 is 16.8 Å². The van der Waals surface area contributed by atoms with Crippen LogP contribution in [0.3, 0.4) is 0 Å². The van der Waals surface area contributed by atoms with Gasteiger partial charge in [-0.25, -0.2) is 9.59 Å². The number of rotatable bonds is 6. The van der Waals surface area contributed by atoms with Gasteiger partial charge in [-0.3, -0.25) is 0 Å². The Kier molecular flexibility index (Phi) is 5.70. The highest BCUT2D eigenvalue weighted by Gasteiger charge is 2.52. The zero-order valence-corrected chi connectivity index (χ0v) is 12.1. The van der Waals surface area contributed by atoms with Gasteiger partial charge in [-0.1, -0.05) is 41.9 Å². The zero-order valence-electron chi connectivity index (χ0n) is 11.3. The number of alkyl halides is 1. The van der Waals surface area contributed by atoms with Crippen LogP contribution in [0.5, 0.6) is 0 Å². The molecule has 0 aliphatic rings. The lowest BCUT2D eigenvalue weighted by atomic mass is 9.96. The summed E-state index contributed by atoms with van der Waals surface area (Å²) in [5.41, 5.74) is -0.0136. The fourth-order valence-electron chi connectivity index (χ4n) is 1.55. The van der Waals surface area contributed by atoms with E-state index in [4.69, 9.17) is 26.5 Å². The topological polar surface area (TPSA) is 76.5 Å². The maximum absolute atomic E-state index is 12.0. The van der Waals surface area contributed by atoms with Gasteiger partial charge in [0.2, 0.25) is 0 Å². The molecule has 0 radical (unpaired) electrons. The van der Waals surface area contributed by atoms with E-state index in [-0.39, 0.29) is 18.9 Å². The maximum atomic E-state index is 12.0. The molecule has 1 aromatic rings. The van der Waals surface area contributed by atoms with E-state index >= 15 is 0 Å². The van der Waals surface area contributed by atoms with Gasteiger partial charge in [0.25, 0.3) is 4.87 Å². The normalized spacial score (nSPS) is 10.8. The van der Waals surface area contributed by atoms with Crippen LogP contribution in [0.15, 0.2) is 30.3 Å². The number of benzene rings is 1. The minimum absolute atomic E-state index is 0.0504. The monoisotopic (exact) mass is 297 g/mol. The summed E-state index contributed by atoms with van der Waals surface area (Å²) >= 11 is 6.11. The van der Waals surface area contributed by atoms with Gasteiger partial charge in [-0.05, 0) is 19.4 Å². The number of halogens is 1. The van der Waals surface area contributed by atoms with E-state index in [1.165, 1.54) is 0 Å². The molecular weight excluding hydrogens is 282 g/mol. The zero-order chi connectivity index (χ0) is 15.2. The number of nitrogens with one attached hydrogen (secondary N) is 1. The van der Waals surface area contributed by atoms with E-state index in [1.54, 1.807) is 44.2 Å². The molecule has 0 amide bonds. The third kappa shape index (κ3) is 3.17. The highest BCUT2D eigenvalue weighted by molar-refractivity contribution is 6.58. The molecule has 0 saturated carbocycles. The second-order valence-corrected chi connectivity index (χ2v) is 4.41. The number of esters is 2. The lowest BCUT2D eigenvalue weighted by Gasteiger charge is -2.23. The second kappa shape index (κ2) is 7.05. The molecule has 1 aromatic carbocycles. The van der Waals surface area contributed by atoms with Crippen molar-refractivity contribution >= 4 is 29.3 Å². The molecule has 5 nitrogen and oxygen atoms in total. The van der Waals surface area contributed by atoms with Gasteiger partial charge in [-0.15, -0.1) is 0 Å². The van der Waals surface area contributed by atoms with Crippen LogP contribution in [0.2, 0.25) is 0 Å². The Morgan fingerprint density at radius 2 is 1.55 bits per heavy atom. The quantitative estimate of drug-likeness (QED) is 0.378. The first-order valence-corrected chi connectivity index (χ1v) is 6.54. The molecular formula is C14H16ClNO4. The van der Waals surface area contributed by atoms with E-state index in [2.05, 4.69) is 0 Å². The van der Waals surface area contributed by atoms with Crippen molar-refractivity contribution in [2.24, 2.45) is 0 Å². The van der Waals surface area contributed by atoms with Gasteiger partial charge in [0.15, 0.2) is 0 Å². The predicted octanol–water partition coefficient (Wildman–Crippen LogP) is 2.16. The first kappa shape index (κ1) is 16.2. The molecule has 0 aromatic heterocycles. The molecule has 1 N–H and O–H groups in total. The number of hydrogen-bond donors (Lipinski definition) is 1. The van der Waals surface area contributed by atoms with E-state index in [9.17, 15) is 9.59 Å². The van der Waals surface area contributed by atoms with Crippen LogP contribution in [-0.4, -0.2) is 35.7 Å². The minimum Gasteiger partial charge on any atom is -0.464 e. The van der Waals surface area contributed by atoms with Gasteiger partial charge >= 0.3 is 11.9 Å². The molecule has 0 bridgehead atoms. The lowest BCUT2D eigenvalue weighted by Crippen LogP contribution is -2.50. The Balaban J connectivity index is 3.20. The first-order valence-electron chi connectivity index (χ1n) is 6.16. The van der Waals surface area contributed by atoms with Crippen molar-refractivity contribution in [2.45, 2.75) is 18.7 Å². The van der Waals surface area contributed by atoms with E-state index in [0.717, 1.165) is 0 Å². The molecule has 0 atom stereocenters. The fraction of sp³-hybridized carbons (Fsp3) is 0.357. The number of hydrogen-bond acceptors (Lipinski definition) is 5. The SMILES string of the molecule is CCOC(=O)C(Cl)(C(=N)c1ccccc1)C(=O)OCC. The molecule has 108 valence electrons. The van der Waals surface area contributed by atoms with Crippen molar-refractivity contribution in [3.8, 4) is 0 Å². The lowest BCUT2D eigenvalue weighted by molar-refractivity contribution is -0.155. The fourth-order valence-corrected chi connectivity index (χ4v) is 1.77. The third-order valence-electron chi connectivity index (χ3n) is 2.52. The highest BCUT2D eigenvalue weighted by atomic mass is 35.5. The van der Waals surface area contributed by atoms with Crippen LogP contribution >= 0.6 is 11.6 Å². The molecule has 20 heavy (non-hydrogen) atoms. The average Bonchev–Trinajstić information content (AvgIpc) is 2.47. The summed E-state index contributed by atoms with van der Waals surface area (Å²) in [5.74, 6) is -2.01. The maximum Gasteiger partial charge on any atom is 0.345 e. The van der Waals surface area contributed by atoms with Crippen LogP contribution in [0.1, 0.15) is 19.4 Å². The van der Waals surface area contributed by atoms with Crippen molar-refractivity contribution in [2.75, 3.05) is 13.2 Å². The van der Waals surface area contributed by atoms with Crippen molar-refractivity contribution in [1.82, 2.24) is 0 Å². The van der Waals surface area contributed by atoms with Gasteiger partial charge in [-0.2, -0.15) is 0 Å². The largest absolute Gasteiger partial charge is 0.464 e. The summed E-state index contributed by atoms with van der Waals surface area (Å²) in [5, 5.41) is 8.07. The van der Waals surface area contributed by atoms with Crippen molar-refractivity contribution in [3.05, 3.63) is 35.9 Å². The third-order valence-corrected chi connectivity index (χ3v) is 3.02. The van der Waals surface area contributed by atoms with E-state index in [1.807, 2.05) is 0 Å². The molecule has 0 spiro atoms. The molecule has 0 fully saturated rings. The standard InChI is InChI=1S/C14H16ClNO4/c1-3-19-12(17)14(15,13(18)20-4-2)11(16)10-8-6-5-7-9-10/h5-9,16H,3-4H2,1-2H3. The number of carbonyl (C=O) groups is 2. The van der Waals surface area contributed by atoms with Gasteiger partial charge in [0.1, 0.15) is 0 Å². The van der Waals surface area contributed by atoms with Crippen molar-refractivity contribution in [1.29, 1.82) is 5.41 Å². The molecule has 6 heteroatoms. The predicted molar refractivity (Wildman–Crippen MR) is 75.1 cm³/mol. The number of ether oxygens (including phenoxy) is 2. The first-order chi connectivity index (χ1) is 9.48. The van der Waals surface area contributed by atoms with Crippen LogP contribution in [0, 0.1) is 5.41 Å². The van der Waals surface area contributed by atoms with Gasteiger partial charge < -0.3 is 14.9 Å². The van der Waals surface area contributed by atoms with Gasteiger partial charge in [0, 0.05) is 0 Å². The van der Waals surface area contributed by atoms with Gasteiger partial charge in [0.05, 0.1) is 18.9 Å². The minimum atomic E-state index is -2.28. The smallest absolute Gasteiger partial charge is 0.345 e. The summed E-state index contributed by atoms with van der Waals surface area (Å²) in [7, 11) is 0. The van der Waals surface area contributed by atoms with Crippen LogP contribution in [0.25, 0.3) is 0 Å². The van der Waals surface area contributed by atoms with Crippen LogP contribution in [0.4, 0.5) is 0 Å². The highest BCUT2D eigenvalue weighted by Crippen LogP contribution is 2.25. The summed E-state index contributed by atoms with van der Waals surface area (Å²) in [6, 6.07) is 8.27. The Hall–Kier alpha value is -1.88. The second-order valence-electron chi connectivity index (χ2n) is 3.84. The average molecular weight is 298 g/mol. The molecule has 0 saturated heterocycles. The molecule has 0 aliphatic carbocycles. The summed E-state index contributed by atoms with van der Waals surface area (Å²) in [6.45, 7) is 3.28. The summed E-state index contributed by atoms with van der Waals surface area (Å²) in [6.07, 6.45) is 0. The Morgan fingerprint density at radius 3 is 1.95 bits per heavy atom. The Bertz CT molecular complexity index is 483. The Morgan fingerprint density at radius 1 is 1.10 bits per heavy atom. The molecule has 1 rings (SSSR count). The molecule has 0 unspecified atom stereocenters. The van der Waals surface area contributed by atoms with Crippen molar-refractivity contribution in [3.63, 3.8) is 0 Å². The molecule has 0 aliphatic heterocycles. The summed E-state index contributed by atoms with van der Waals surface area (Å²) < 4.78 is 9.61. The van der Waals surface area contributed by atoms with Crippen LogP contribution in [-0.2, 0) is 19.1 Å². The Labute approximate surface area is 122 Å².